The average Bonchev–Trinajstić information content (AvgIpc) is 3.21. The highest BCUT2D eigenvalue weighted by Gasteiger charge is 2.21. The highest BCUT2D eigenvalue weighted by molar-refractivity contribution is 7.99. The second-order valence-electron chi connectivity index (χ2n) is 6.85. The Morgan fingerprint density at radius 3 is 2.68 bits per heavy atom. The predicted molar refractivity (Wildman–Crippen MR) is 115 cm³/mol. The van der Waals surface area contributed by atoms with Gasteiger partial charge in [-0.3, -0.25) is 9.59 Å². The Hall–Kier alpha value is -3.53. The minimum absolute atomic E-state index is 0.167. The molecule has 0 aliphatic carbocycles. The van der Waals surface area contributed by atoms with E-state index >= 15 is 0 Å². The molecule has 160 valence electrons. The molecular weight excluding hydrogens is 418 g/mol. The Morgan fingerprint density at radius 2 is 1.94 bits per heavy atom. The molecule has 1 aliphatic rings. The fourth-order valence-corrected chi connectivity index (χ4v) is 3.60. The summed E-state index contributed by atoms with van der Waals surface area (Å²) in [6.07, 6.45) is 1.32. The van der Waals surface area contributed by atoms with Crippen molar-refractivity contribution in [3.05, 3.63) is 60.4 Å². The summed E-state index contributed by atoms with van der Waals surface area (Å²) in [6, 6.07) is 14.1. The molecule has 4 rings (SSSR count). The molecule has 1 atom stereocenters. The molecule has 0 saturated carbocycles. The van der Waals surface area contributed by atoms with Gasteiger partial charge in [-0.2, -0.15) is 0 Å². The summed E-state index contributed by atoms with van der Waals surface area (Å²) >= 11 is 1.30. The number of nitrogens with one attached hydrogen (secondary N) is 2. The highest BCUT2D eigenvalue weighted by atomic mass is 32.2. The van der Waals surface area contributed by atoms with E-state index in [4.69, 9.17) is 9.47 Å². The molecule has 1 aliphatic heterocycles. The van der Waals surface area contributed by atoms with Crippen LogP contribution in [0.25, 0.3) is 0 Å². The van der Waals surface area contributed by atoms with Crippen LogP contribution in [0.5, 0.6) is 11.5 Å². The van der Waals surface area contributed by atoms with Crippen LogP contribution in [0, 0.1) is 0 Å². The van der Waals surface area contributed by atoms with Crippen molar-refractivity contribution in [2.24, 2.45) is 7.05 Å². The number of thioether (sulfide) groups is 1. The van der Waals surface area contributed by atoms with E-state index in [1.165, 1.54) is 11.8 Å². The number of amides is 2. The number of anilines is 1. The number of carbonyl (C=O) groups is 2. The summed E-state index contributed by atoms with van der Waals surface area (Å²) in [5.41, 5.74) is 1.10. The largest absolute Gasteiger partial charge is 0.486 e. The summed E-state index contributed by atoms with van der Waals surface area (Å²) in [7, 11) is 1.82. The zero-order valence-corrected chi connectivity index (χ0v) is 17.6. The fraction of sp³-hybridized carbons (Fsp3) is 0.238. The van der Waals surface area contributed by atoms with Gasteiger partial charge in [0.1, 0.15) is 19.0 Å². The van der Waals surface area contributed by atoms with Crippen molar-refractivity contribution in [3.63, 3.8) is 0 Å². The van der Waals surface area contributed by atoms with E-state index in [2.05, 4.69) is 20.8 Å². The van der Waals surface area contributed by atoms with Crippen molar-refractivity contribution < 1.29 is 19.1 Å². The molecule has 2 heterocycles. The number of hydrogen-bond donors (Lipinski definition) is 2. The van der Waals surface area contributed by atoms with Gasteiger partial charge >= 0.3 is 0 Å². The second kappa shape index (κ2) is 9.52. The van der Waals surface area contributed by atoms with Crippen molar-refractivity contribution in [2.75, 3.05) is 24.2 Å². The van der Waals surface area contributed by atoms with Crippen LogP contribution in [-0.2, 0) is 11.8 Å². The maximum atomic E-state index is 12.4. The van der Waals surface area contributed by atoms with Crippen molar-refractivity contribution in [2.45, 2.75) is 11.3 Å². The number of aryl methyl sites for hydroxylation is 1. The fourth-order valence-electron chi connectivity index (χ4n) is 2.91. The van der Waals surface area contributed by atoms with Crippen LogP contribution in [-0.4, -0.2) is 51.6 Å². The van der Waals surface area contributed by atoms with Crippen LogP contribution < -0.4 is 20.1 Å². The van der Waals surface area contributed by atoms with Crippen LogP contribution in [0.15, 0.2) is 60.0 Å². The average molecular weight is 439 g/mol. The zero-order valence-electron chi connectivity index (χ0n) is 16.8. The van der Waals surface area contributed by atoms with Crippen molar-refractivity contribution in [1.29, 1.82) is 0 Å². The topological polar surface area (TPSA) is 107 Å². The maximum Gasteiger partial charge on any atom is 0.251 e. The number of fused-ring (bicyclic) bond motifs is 1. The summed E-state index contributed by atoms with van der Waals surface area (Å²) in [5, 5.41) is 14.0. The van der Waals surface area contributed by atoms with Crippen molar-refractivity contribution in [1.82, 2.24) is 20.1 Å². The van der Waals surface area contributed by atoms with Crippen LogP contribution in [0.4, 0.5) is 5.69 Å². The second-order valence-corrected chi connectivity index (χ2v) is 7.79. The first-order valence-corrected chi connectivity index (χ1v) is 10.6. The first kappa shape index (κ1) is 20.7. The normalized spacial score (nSPS) is 14.7. The molecule has 9 nitrogen and oxygen atoms in total. The lowest BCUT2D eigenvalue weighted by atomic mass is 10.2. The van der Waals surface area contributed by atoms with Gasteiger partial charge in [0.25, 0.3) is 5.91 Å². The molecule has 0 spiro atoms. The molecule has 0 fully saturated rings. The van der Waals surface area contributed by atoms with Crippen molar-refractivity contribution >= 4 is 29.3 Å². The Kier molecular flexibility index (Phi) is 6.37. The van der Waals surface area contributed by atoms with Gasteiger partial charge in [-0.1, -0.05) is 23.9 Å². The minimum atomic E-state index is -0.260. The monoisotopic (exact) mass is 439 g/mol. The summed E-state index contributed by atoms with van der Waals surface area (Å²) in [6.45, 7) is 0.694. The summed E-state index contributed by atoms with van der Waals surface area (Å²) in [5.74, 6) is 1.20. The predicted octanol–water partition coefficient (Wildman–Crippen LogP) is 2.12. The van der Waals surface area contributed by atoms with Crippen molar-refractivity contribution in [3.8, 4) is 11.5 Å². The van der Waals surface area contributed by atoms with Gasteiger partial charge in [-0.25, -0.2) is 0 Å². The standard InChI is InChI=1S/C21H21N5O4S/c1-26-13-23-25-21(26)31-12-19(27)24-15-8-6-14(7-9-15)20(28)22-10-16-11-29-17-4-2-3-5-18(17)30-16/h2-9,13,16H,10-12H2,1H3,(H,22,28)(H,24,27)/t16-/m1/s1. The molecule has 0 saturated heterocycles. The molecule has 2 N–H and O–H groups in total. The van der Waals surface area contributed by atoms with E-state index in [1.807, 2.05) is 31.3 Å². The Morgan fingerprint density at radius 1 is 1.16 bits per heavy atom. The molecule has 0 unspecified atom stereocenters. The molecule has 3 aromatic rings. The quantitative estimate of drug-likeness (QED) is 0.543. The molecule has 10 heteroatoms. The minimum Gasteiger partial charge on any atom is -0.486 e. The number of rotatable bonds is 7. The van der Waals surface area contributed by atoms with Gasteiger partial charge < -0.3 is 24.7 Å². The lowest BCUT2D eigenvalue weighted by Crippen LogP contribution is -2.40. The smallest absolute Gasteiger partial charge is 0.251 e. The van der Waals surface area contributed by atoms with Crippen LogP contribution >= 0.6 is 11.8 Å². The van der Waals surface area contributed by atoms with Crippen LogP contribution in [0.3, 0.4) is 0 Å². The van der Waals surface area contributed by atoms with Gasteiger partial charge in [0.2, 0.25) is 5.91 Å². The zero-order chi connectivity index (χ0) is 21.6. The molecule has 31 heavy (non-hydrogen) atoms. The Labute approximate surface area is 183 Å². The van der Waals surface area contributed by atoms with Crippen LogP contribution in [0.2, 0.25) is 0 Å². The number of carbonyl (C=O) groups excluding carboxylic acids is 2. The molecule has 2 aromatic carbocycles. The Bertz CT molecular complexity index is 1070. The Balaban J connectivity index is 1.23. The number of nitrogens with zero attached hydrogens (tertiary/aromatic N) is 3. The summed E-state index contributed by atoms with van der Waals surface area (Å²) in [4.78, 5) is 24.5. The van der Waals surface area contributed by atoms with E-state index in [0.717, 1.165) is 0 Å². The van der Waals surface area contributed by atoms with E-state index in [-0.39, 0.29) is 23.7 Å². The number of hydrogen-bond acceptors (Lipinski definition) is 7. The van der Waals surface area contributed by atoms with Crippen LogP contribution in [0.1, 0.15) is 10.4 Å². The van der Waals surface area contributed by atoms with Gasteiger partial charge in [0, 0.05) is 18.3 Å². The third-order valence-electron chi connectivity index (χ3n) is 4.49. The van der Waals surface area contributed by atoms with Gasteiger partial charge in [0.15, 0.2) is 16.7 Å². The van der Waals surface area contributed by atoms with E-state index in [0.29, 0.717) is 41.1 Å². The number of benzene rings is 2. The first-order chi connectivity index (χ1) is 15.1. The lowest BCUT2D eigenvalue weighted by molar-refractivity contribution is -0.113. The number of para-hydroxylation sites is 2. The first-order valence-electron chi connectivity index (χ1n) is 9.62. The van der Waals surface area contributed by atoms with Gasteiger partial charge in [0.05, 0.1) is 12.3 Å². The lowest BCUT2D eigenvalue weighted by Gasteiger charge is -2.26. The van der Waals surface area contributed by atoms with E-state index in [9.17, 15) is 9.59 Å². The SMILES string of the molecule is Cn1cnnc1SCC(=O)Nc1ccc(C(=O)NC[C@@H]2COc3ccccc3O2)cc1. The molecular formula is C21H21N5O4S. The molecule has 2 amide bonds. The third kappa shape index (κ3) is 5.34. The van der Waals surface area contributed by atoms with E-state index < -0.39 is 0 Å². The molecule has 1 aromatic heterocycles. The van der Waals surface area contributed by atoms with Gasteiger partial charge in [-0.05, 0) is 36.4 Å². The molecule has 0 bridgehead atoms. The number of ether oxygens (including phenoxy) is 2. The number of aromatic nitrogens is 3. The van der Waals surface area contributed by atoms with E-state index in [1.54, 1.807) is 35.2 Å². The maximum absolute atomic E-state index is 12.4. The van der Waals surface area contributed by atoms with Gasteiger partial charge in [-0.15, -0.1) is 10.2 Å². The summed E-state index contributed by atoms with van der Waals surface area (Å²) < 4.78 is 13.2. The third-order valence-corrected chi connectivity index (χ3v) is 5.53. The molecule has 0 radical (unpaired) electrons. The highest BCUT2D eigenvalue weighted by Crippen LogP contribution is 2.30.